The molecular weight excluding hydrogens is 356 g/mol. The van der Waals surface area contributed by atoms with E-state index in [2.05, 4.69) is 10.3 Å². The Labute approximate surface area is 157 Å². The third-order valence-electron chi connectivity index (χ3n) is 4.84. The number of carbonyl (C=O) groups excluding carboxylic acids is 2. The van der Waals surface area contributed by atoms with Gasteiger partial charge in [-0.3, -0.25) is 14.4 Å². The number of pyridine rings is 1. The minimum absolute atomic E-state index is 0. The number of H-pyrrole nitrogens is 1. The predicted octanol–water partition coefficient (Wildman–Crippen LogP) is 0.877. The molecule has 1 aliphatic rings. The zero-order chi connectivity index (χ0) is 18.0. The third-order valence-corrected chi connectivity index (χ3v) is 4.84. The van der Waals surface area contributed by atoms with E-state index in [1.807, 2.05) is 13.0 Å². The van der Waals surface area contributed by atoms with Gasteiger partial charge in [0.25, 0.3) is 5.91 Å². The molecule has 3 rings (SSSR count). The number of aromatic nitrogens is 1. The molecule has 1 aliphatic heterocycles. The molecule has 1 fully saturated rings. The lowest BCUT2D eigenvalue weighted by molar-refractivity contribution is -0.129. The van der Waals surface area contributed by atoms with Crippen molar-refractivity contribution in [3.63, 3.8) is 0 Å². The fourth-order valence-corrected chi connectivity index (χ4v) is 3.10. The summed E-state index contributed by atoms with van der Waals surface area (Å²) in [7, 11) is 0. The van der Waals surface area contributed by atoms with E-state index in [9.17, 15) is 14.4 Å². The first-order valence-electron chi connectivity index (χ1n) is 8.30. The van der Waals surface area contributed by atoms with Gasteiger partial charge in [0.1, 0.15) is 5.56 Å². The second-order valence-electron chi connectivity index (χ2n) is 6.84. The number of benzene rings is 1. The van der Waals surface area contributed by atoms with Crippen LogP contribution in [0, 0.1) is 5.41 Å². The van der Waals surface area contributed by atoms with Gasteiger partial charge in [0.15, 0.2) is 0 Å². The van der Waals surface area contributed by atoms with Crippen LogP contribution in [0.3, 0.4) is 0 Å². The average Bonchev–Trinajstić information content (AvgIpc) is 3.03. The molecule has 2 amide bonds. The molecule has 1 unspecified atom stereocenters. The van der Waals surface area contributed by atoms with E-state index in [1.165, 1.54) is 6.20 Å². The fourth-order valence-electron chi connectivity index (χ4n) is 3.10. The van der Waals surface area contributed by atoms with E-state index in [-0.39, 0.29) is 41.3 Å². The van der Waals surface area contributed by atoms with Crippen molar-refractivity contribution in [1.82, 2.24) is 15.2 Å². The molecule has 140 valence electrons. The van der Waals surface area contributed by atoms with Crippen molar-refractivity contribution in [2.24, 2.45) is 11.1 Å². The average molecular weight is 379 g/mol. The van der Waals surface area contributed by atoms with Crippen LogP contribution in [0.1, 0.15) is 23.7 Å². The number of aromatic amines is 1. The van der Waals surface area contributed by atoms with Crippen molar-refractivity contribution in [3.05, 3.63) is 46.2 Å². The summed E-state index contributed by atoms with van der Waals surface area (Å²) in [5, 5.41) is 2.99. The summed E-state index contributed by atoms with van der Waals surface area (Å²) in [4.78, 5) is 41.6. The Bertz CT molecular complexity index is 882. The zero-order valence-electron chi connectivity index (χ0n) is 14.6. The molecule has 0 spiro atoms. The molecule has 2 heterocycles. The quantitative estimate of drug-likeness (QED) is 0.733. The first-order chi connectivity index (χ1) is 11.9. The first-order valence-corrected chi connectivity index (χ1v) is 8.30. The van der Waals surface area contributed by atoms with Crippen molar-refractivity contribution in [1.29, 1.82) is 0 Å². The minimum atomic E-state index is -0.555. The number of nitrogens with zero attached hydrogens (tertiary/aromatic N) is 1. The van der Waals surface area contributed by atoms with Crippen LogP contribution >= 0.6 is 12.4 Å². The van der Waals surface area contributed by atoms with Crippen molar-refractivity contribution in [2.45, 2.75) is 13.3 Å². The number of rotatable bonds is 4. The molecule has 0 saturated carbocycles. The first kappa shape index (κ1) is 19.9. The molecule has 0 aliphatic carbocycles. The van der Waals surface area contributed by atoms with Crippen LogP contribution in [-0.4, -0.2) is 47.9 Å². The fraction of sp³-hybridized carbons (Fsp3) is 0.389. The number of hydrogen-bond donors (Lipinski definition) is 3. The highest BCUT2D eigenvalue weighted by molar-refractivity contribution is 5.98. The normalized spacial score (nSPS) is 19.2. The van der Waals surface area contributed by atoms with Crippen LogP contribution in [0.25, 0.3) is 10.9 Å². The number of nitrogens with two attached hydrogens (primary N) is 1. The number of amides is 2. The van der Waals surface area contributed by atoms with Crippen LogP contribution in [0.4, 0.5) is 0 Å². The second kappa shape index (κ2) is 7.88. The Morgan fingerprint density at radius 2 is 2.08 bits per heavy atom. The second-order valence-corrected chi connectivity index (χ2v) is 6.84. The SMILES string of the molecule is CC1(CN)CCN(C(=O)CNC(=O)c2c[nH]c3ccccc3c2=O)C1.Cl. The molecule has 0 bridgehead atoms. The van der Waals surface area contributed by atoms with Gasteiger partial charge in [0, 0.05) is 30.2 Å². The standard InChI is InChI=1S/C18H22N4O3.ClH/c1-18(10-19)6-7-22(11-18)15(23)9-21-17(25)13-8-20-14-5-3-2-4-12(14)16(13)24;/h2-5,8H,6-7,9-11,19H2,1H3,(H,20,24)(H,21,25);1H. The number of likely N-dealkylation sites (tertiary alicyclic amines) is 1. The summed E-state index contributed by atoms with van der Waals surface area (Å²) in [6, 6.07) is 6.98. The van der Waals surface area contributed by atoms with Crippen molar-refractivity contribution in [2.75, 3.05) is 26.2 Å². The predicted molar refractivity (Wildman–Crippen MR) is 103 cm³/mol. The van der Waals surface area contributed by atoms with Crippen molar-refractivity contribution in [3.8, 4) is 0 Å². The Balaban J connectivity index is 0.00000243. The van der Waals surface area contributed by atoms with Crippen molar-refractivity contribution < 1.29 is 9.59 Å². The van der Waals surface area contributed by atoms with E-state index in [0.717, 1.165) is 6.42 Å². The molecule has 26 heavy (non-hydrogen) atoms. The summed E-state index contributed by atoms with van der Waals surface area (Å²) in [6.07, 6.45) is 2.24. The van der Waals surface area contributed by atoms with Gasteiger partial charge in [-0.25, -0.2) is 0 Å². The smallest absolute Gasteiger partial charge is 0.257 e. The summed E-state index contributed by atoms with van der Waals surface area (Å²) in [5.74, 6) is -0.719. The van der Waals surface area contributed by atoms with Gasteiger partial charge in [-0.2, -0.15) is 0 Å². The van der Waals surface area contributed by atoms with E-state index < -0.39 is 5.91 Å². The molecule has 0 radical (unpaired) electrons. The van der Waals surface area contributed by atoms with Crippen LogP contribution in [0.15, 0.2) is 35.3 Å². The van der Waals surface area contributed by atoms with Crippen LogP contribution in [0.2, 0.25) is 0 Å². The lowest BCUT2D eigenvalue weighted by atomic mass is 9.90. The Morgan fingerprint density at radius 3 is 2.77 bits per heavy atom. The Morgan fingerprint density at radius 1 is 1.35 bits per heavy atom. The summed E-state index contributed by atoms with van der Waals surface area (Å²) < 4.78 is 0. The van der Waals surface area contributed by atoms with E-state index in [0.29, 0.717) is 30.5 Å². The van der Waals surface area contributed by atoms with Gasteiger partial charge in [0.05, 0.1) is 6.54 Å². The number of para-hydroxylation sites is 1. The zero-order valence-corrected chi connectivity index (χ0v) is 15.4. The van der Waals surface area contributed by atoms with Crippen LogP contribution in [0.5, 0.6) is 0 Å². The molecule has 8 heteroatoms. The number of carbonyl (C=O) groups is 2. The van der Waals surface area contributed by atoms with E-state index >= 15 is 0 Å². The number of nitrogens with one attached hydrogen (secondary N) is 2. The largest absolute Gasteiger partial charge is 0.360 e. The Hall–Kier alpha value is -2.38. The number of halogens is 1. The van der Waals surface area contributed by atoms with Gasteiger partial charge in [0.2, 0.25) is 11.3 Å². The highest BCUT2D eigenvalue weighted by Gasteiger charge is 2.34. The molecule has 2 aromatic rings. The van der Waals surface area contributed by atoms with Gasteiger partial charge in [-0.15, -0.1) is 12.4 Å². The summed E-state index contributed by atoms with van der Waals surface area (Å²) >= 11 is 0. The monoisotopic (exact) mass is 378 g/mol. The molecule has 7 nitrogen and oxygen atoms in total. The lowest BCUT2D eigenvalue weighted by Gasteiger charge is -2.22. The van der Waals surface area contributed by atoms with Crippen molar-refractivity contribution >= 4 is 35.1 Å². The van der Waals surface area contributed by atoms with Gasteiger partial charge >= 0.3 is 0 Å². The van der Waals surface area contributed by atoms with Gasteiger partial charge in [-0.05, 0) is 30.5 Å². The van der Waals surface area contributed by atoms with Gasteiger partial charge < -0.3 is 20.9 Å². The Kier molecular flexibility index (Phi) is 6.05. The summed E-state index contributed by atoms with van der Waals surface area (Å²) in [6.45, 7) is 3.67. The number of fused-ring (bicyclic) bond motifs is 1. The highest BCUT2D eigenvalue weighted by Crippen LogP contribution is 2.28. The molecule has 1 saturated heterocycles. The number of hydrogen-bond acceptors (Lipinski definition) is 4. The molecular formula is C18H23ClN4O3. The molecule has 4 N–H and O–H groups in total. The molecule has 1 aromatic carbocycles. The highest BCUT2D eigenvalue weighted by atomic mass is 35.5. The van der Waals surface area contributed by atoms with E-state index in [1.54, 1.807) is 23.1 Å². The van der Waals surface area contributed by atoms with Crippen LogP contribution in [-0.2, 0) is 4.79 Å². The third kappa shape index (κ3) is 3.89. The molecule has 1 atom stereocenters. The van der Waals surface area contributed by atoms with Gasteiger partial charge in [-0.1, -0.05) is 19.1 Å². The van der Waals surface area contributed by atoms with Crippen LogP contribution < -0.4 is 16.5 Å². The summed E-state index contributed by atoms with van der Waals surface area (Å²) in [5.41, 5.74) is 6.00. The molecule has 1 aromatic heterocycles. The topological polar surface area (TPSA) is 108 Å². The van der Waals surface area contributed by atoms with E-state index in [4.69, 9.17) is 5.73 Å². The lowest BCUT2D eigenvalue weighted by Crippen LogP contribution is -2.41. The minimum Gasteiger partial charge on any atom is -0.360 e. The maximum absolute atomic E-state index is 12.4. The maximum atomic E-state index is 12.4. The maximum Gasteiger partial charge on any atom is 0.257 e.